The Morgan fingerprint density at radius 1 is 1.24 bits per heavy atom. The number of imidazole rings is 1. The molecular weight excluding hydrogens is 334 g/mol. The molecule has 1 aliphatic rings. The Hall–Kier alpha value is -2.41. The molecule has 1 saturated heterocycles. The molecule has 0 saturated carbocycles. The quantitative estimate of drug-likeness (QED) is 0.779. The molecule has 4 rings (SSSR count). The maximum Gasteiger partial charge on any atom is 0.222 e. The average molecular weight is 355 g/mol. The van der Waals surface area contributed by atoms with Gasteiger partial charge in [0.15, 0.2) is 5.82 Å². The van der Waals surface area contributed by atoms with Crippen LogP contribution in [0, 0.1) is 5.92 Å². The molecule has 1 N–H and O–H groups in total. The molecule has 1 amide bonds. The third-order valence-corrected chi connectivity index (χ3v) is 5.56. The van der Waals surface area contributed by atoms with Gasteiger partial charge in [0.1, 0.15) is 5.69 Å². The summed E-state index contributed by atoms with van der Waals surface area (Å²) in [5.41, 5.74) is 1.73. The minimum Gasteiger partial charge on any atom is -0.347 e. The molecule has 0 bridgehead atoms. The SMILES string of the molecule is CC(=O)Nc1c(-c2ccccc2)nc2sc(N3CCC(C)CC3)nn12. The summed E-state index contributed by atoms with van der Waals surface area (Å²) in [6, 6.07) is 9.88. The van der Waals surface area contributed by atoms with Gasteiger partial charge >= 0.3 is 0 Å². The number of hydrogen-bond acceptors (Lipinski definition) is 5. The molecule has 0 unspecified atom stereocenters. The first-order chi connectivity index (χ1) is 12.1. The first-order valence-corrected chi connectivity index (χ1v) is 9.41. The molecule has 1 aromatic carbocycles. The number of carbonyl (C=O) groups excluding carboxylic acids is 1. The van der Waals surface area contributed by atoms with Crippen LogP contribution in [-0.4, -0.2) is 33.6 Å². The number of benzene rings is 1. The van der Waals surface area contributed by atoms with E-state index >= 15 is 0 Å². The Morgan fingerprint density at radius 3 is 2.64 bits per heavy atom. The van der Waals surface area contributed by atoms with E-state index in [0.29, 0.717) is 5.82 Å². The van der Waals surface area contributed by atoms with Crippen LogP contribution >= 0.6 is 11.3 Å². The van der Waals surface area contributed by atoms with Crippen LogP contribution in [0.5, 0.6) is 0 Å². The third kappa shape index (κ3) is 3.11. The Bertz CT molecular complexity index is 893. The zero-order valence-electron chi connectivity index (χ0n) is 14.4. The first kappa shape index (κ1) is 16.1. The van der Waals surface area contributed by atoms with Crippen LogP contribution in [0.15, 0.2) is 30.3 Å². The molecule has 0 spiro atoms. The van der Waals surface area contributed by atoms with Crippen LogP contribution in [0.3, 0.4) is 0 Å². The van der Waals surface area contributed by atoms with Gasteiger partial charge in [-0.05, 0) is 18.8 Å². The number of piperidine rings is 1. The van der Waals surface area contributed by atoms with Gasteiger partial charge in [-0.2, -0.15) is 4.52 Å². The molecule has 1 fully saturated rings. The van der Waals surface area contributed by atoms with Gasteiger partial charge in [-0.15, -0.1) is 5.10 Å². The van der Waals surface area contributed by atoms with E-state index in [0.717, 1.165) is 40.4 Å². The first-order valence-electron chi connectivity index (χ1n) is 8.59. The minimum atomic E-state index is -0.125. The van der Waals surface area contributed by atoms with E-state index in [9.17, 15) is 4.79 Å². The summed E-state index contributed by atoms with van der Waals surface area (Å²) in [7, 11) is 0. The maximum atomic E-state index is 11.7. The predicted molar refractivity (Wildman–Crippen MR) is 101 cm³/mol. The van der Waals surface area contributed by atoms with Gasteiger partial charge in [-0.25, -0.2) is 4.98 Å². The van der Waals surface area contributed by atoms with Crippen molar-refractivity contribution in [2.24, 2.45) is 5.92 Å². The molecule has 130 valence electrons. The minimum absolute atomic E-state index is 0.125. The molecule has 0 atom stereocenters. The van der Waals surface area contributed by atoms with Crippen LogP contribution < -0.4 is 10.2 Å². The Morgan fingerprint density at radius 2 is 1.96 bits per heavy atom. The van der Waals surface area contributed by atoms with Crippen molar-refractivity contribution in [3.05, 3.63) is 30.3 Å². The van der Waals surface area contributed by atoms with E-state index in [2.05, 4.69) is 17.1 Å². The summed E-state index contributed by atoms with van der Waals surface area (Å²) in [5.74, 6) is 1.29. The second-order valence-electron chi connectivity index (χ2n) is 6.60. The highest BCUT2D eigenvalue weighted by Crippen LogP contribution is 2.34. The molecule has 1 aliphatic heterocycles. The zero-order valence-corrected chi connectivity index (χ0v) is 15.2. The lowest BCUT2D eigenvalue weighted by atomic mass is 10.00. The van der Waals surface area contributed by atoms with Crippen LogP contribution in [0.25, 0.3) is 16.2 Å². The molecule has 2 aromatic heterocycles. The van der Waals surface area contributed by atoms with Crippen LogP contribution in [0.2, 0.25) is 0 Å². The number of nitrogens with one attached hydrogen (secondary N) is 1. The van der Waals surface area contributed by atoms with E-state index in [1.165, 1.54) is 19.8 Å². The van der Waals surface area contributed by atoms with E-state index in [4.69, 9.17) is 10.1 Å². The summed E-state index contributed by atoms with van der Waals surface area (Å²) in [6.45, 7) is 5.86. The molecule has 6 nitrogen and oxygen atoms in total. The lowest BCUT2D eigenvalue weighted by Gasteiger charge is -2.29. The number of fused-ring (bicyclic) bond motifs is 1. The second kappa shape index (κ2) is 6.48. The fourth-order valence-electron chi connectivity index (χ4n) is 3.14. The van der Waals surface area contributed by atoms with Gasteiger partial charge in [-0.1, -0.05) is 48.6 Å². The highest BCUT2D eigenvalue weighted by molar-refractivity contribution is 7.20. The highest BCUT2D eigenvalue weighted by atomic mass is 32.1. The number of amides is 1. The Kier molecular flexibility index (Phi) is 4.17. The van der Waals surface area contributed by atoms with E-state index in [1.54, 1.807) is 15.9 Å². The summed E-state index contributed by atoms with van der Waals surface area (Å²) in [4.78, 5) is 19.6. The number of anilines is 2. The Labute approximate surface area is 150 Å². The number of carbonyl (C=O) groups is 1. The number of aromatic nitrogens is 3. The van der Waals surface area contributed by atoms with Crippen molar-refractivity contribution >= 4 is 33.2 Å². The van der Waals surface area contributed by atoms with Crippen LogP contribution in [0.4, 0.5) is 10.9 Å². The molecule has 0 aliphatic carbocycles. The largest absolute Gasteiger partial charge is 0.347 e. The van der Waals surface area contributed by atoms with Crippen LogP contribution in [-0.2, 0) is 4.79 Å². The highest BCUT2D eigenvalue weighted by Gasteiger charge is 2.23. The van der Waals surface area contributed by atoms with Crippen molar-refractivity contribution in [3.63, 3.8) is 0 Å². The molecule has 3 heterocycles. The summed E-state index contributed by atoms with van der Waals surface area (Å²) >= 11 is 1.58. The fraction of sp³-hybridized carbons (Fsp3) is 0.389. The second-order valence-corrected chi connectivity index (χ2v) is 7.54. The number of hydrogen-bond donors (Lipinski definition) is 1. The summed E-state index contributed by atoms with van der Waals surface area (Å²) in [6.07, 6.45) is 2.38. The lowest BCUT2D eigenvalue weighted by Crippen LogP contribution is -2.32. The van der Waals surface area contributed by atoms with Gasteiger partial charge < -0.3 is 10.2 Å². The number of nitrogens with zero attached hydrogens (tertiary/aromatic N) is 4. The van der Waals surface area contributed by atoms with Gasteiger partial charge in [0.25, 0.3) is 0 Å². The van der Waals surface area contributed by atoms with Crippen molar-refractivity contribution in [2.45, 2.75) is 26.7 Å². The molecule has 0 radical (unpaired) electrons. The fourth-order valence-corrected chi connectivity index (χ4v) is 4.10. The van der Waals surface area contributed by atoms with Crippen LogP contribution in [0.1, 0.15) is 26.7 Å². The summed E-state index contributed by atoms with van der Waals surface area (Å²) in [5, 5.41) is 8.62. The molecule has 7 heteroatoms. The normalized spacial score (nSPS) is 15.7. The smallest absolute Gasteiger partial charge is 0.222 e. The van der Waals surface area contributed by atoms with Gasteiger partial charge in [-0.3, -0.25) is 4.79 Å². The van der Waals surface area contributed by atoms with Crippen molar-refractivity contribution in [1.29, 1.82) is 0 Å². The van der Waals surface area contributed by atoms with Crippen molar-refractivity contribution in [1.82, 2.24) is 14.6 Å². The lowest BCUT2D eigenvalue weighted by molar-refractivity contribution is -0.114. The van der Waals surface area contributed by atoms with Gasteiger partial charge in [0, 0.05) is 25.6 Å². The van der Waals surface area contributed by atoms with Crippen molar-refractivity contribution < 1.29 is 4.79 Å². The average Bonchev–Trinajstić information content (AvgIpc) is 3.15. The standard InChI is InChI=1S/C18H21N5OS/c1-12-8-10-22(11-9-12)18-21-23-16(19-13(2)24)15(20-17(23)25-18)14-6-4-3-5-7-14/h3-7,12H,8-11H2,1-2H3,(H,19,24). The number of rotatable bonds is 3. The van der Waals surface area contributed by atoms with Crippen molar-refractivity contribution in [2.75, 3.05) is 23.3 Å². The molecular formula is C18H21N5OS. The zero-order chi connectivity index (χ0) is 17.4. The monoisotopic (exact) mass is 355 g/mol. The molecule has 25 heavy (non-hydrogen) atoms. The topological polar surface area (TPSA) is 62.5 Å². The van der Waals surface area contributed by atoms with E-state index in [-0.39, 0.29) is 5.91 Å². The van der Waals surface area contributed by atoms with E-state index < -0.39 is 0 Å². The molecule has 3 aromatic rings. The third-order valence-electron chi connectivity index (χ3n) is 4.59. The van der Waals surface area contributed by atoms with E-state index in [1.807, 2.05) is 30.3 Å². The van der Waals surface area contributed by atoms with Crippen molar-refractivity contribution in [3.8, 4) is 11.3 Å². The maximum absolute atomic E-state index is 11.7. The van der Waals surface area contributed by atoms with Gasteiger partial charge in [0.2, 0.25) is 16.0 Å². The van der Waals surface area contributed by atoms with Gasteiger partial charge in [0.05, 0.1) is 0 Å². The predicted octanol–water partition coefficient (Wildman–Crippen LogP) is 3.65. The summed E-state index contributed by atoms with van der Waals surface area (Å²) < 4.78 is 1.77. The Balaban J connectivity index is 1.75.